The summed E-state index contributed by atoms with van der Waals surface area (Å²) in [7, 11) is 0. The second kappa shape index (κ2) is 12.6. The van der Waals surface area contributed by atoms with Crippen molar-refractivity contribution in [1.82, 2.24) is 15.5 Å². The lowest BCUT2D eigenvalue weighted by atomic mass is 10.1. The quantitative estimate of drug-likeness (QED) is 0.333. The van der Waals surface area contributed by atoms with Crippen molar-refractivity contribution in [2.45, 2.75) is 58.7 Å². The zero-order valence-corrected chi connectivity index (χ0v) is 21.9. The number of carbonyl (C=O) groups excluding carboxylic acids is 3. The molecule has 3 amide bonds. The number of nitrogens with zero attached hydrogens (tertiary/aromatic N) is 1. The Bertz CT molecular complexity index is 1110. The highest BCUT2D eigenvalue weighted by molar-refractivity contribution is 7.14. The molecule has 2 aliphatic heterocycles. The Labute approximate surface area is 215 Å². The molecule has 1 saturated heterocycles. The first-order chi connectivity index (χ1) is 17.4. The van der Waals surface area contributed by atoms with Crippen LogP contribution < -0.4 is 16.4 Å². The van der Waals surface area contributed by atoms with Gasteiger partial charge in [-0.25, -0.2) is 0 Å². The molecule has 1 unspecified atom stereocenters. The largest absolute Gasteiger partial charge is 0.398 e. The van der Waals surface area contributed by atoms with Crippen molar-refractivity contribution in [1.29, 1.82) is 5.41 Å². The second-order valence-electron chi connectivity index (χ2n) is 8.53. The van der Waals surface area contributed by atoms with Crippen LogP contribution in [0.3, 0.4) is 0 Å². The highest BCUT2D eigenvalue weighted by Crippen LogP contribution is 2.29. The van der Waals surface area contributed by atoms with Gasteiger partial charge in [0.15, 0.2) is 0 Å². The van der Waals surface area contributed by atoms with Crippen LogP contribution in [0.1, 0.15) is 69.6 Å². The number of thiophene rings is 1. The minimum Gasteiger partial charge on any atom is -0.398 e. The molecule has 4 rings (SSSR count). The van der Waals surface area contributed by atoms with Crippen LogP contribution in [0.2, 0.25) is 0 Å². The summed E-state index contributed by atoms with van der Waals surface area (Å²) >= 11 is 1.48. The number of fused-ring (bicyclic) bond motifs is 1. The average Bonchev–Trinajstić information content (AvgIpc) is 3.57. The van der Waals surface area contributed by atoms with E-state index in [2.05, 4.69) is 10.6 Å². The number of ether oxygens (including phenoxy) is 1. The van der Waals surface area contributed by atoms with E-state index in [0.29, 0.717) is 60.8 Å². The van der Waals surface area contributed by atoms with Gasteiger partial charge in [-0.2, -0.15) is 0 Å². The zero-order chi connectivity index (χ0) is 26.2. The number of nitrogens with two attached hydrogens (primary N) is 1. The summed E-state index contributed by atoms with van der Waals surface area (Å²) in [6, 6.07) is 5.95. The molecule has 194 valence electrons. The molecule has 1 fully saturated rings. The van der Waals surface area contributed by atoms with Gasteiger partial charge in [-0.15, -0.1) is 11.3 Å². The van der Waals surface area contributed by atoms with Crippen LogP contribution in [0.4, 0.5) is 5.69 Å². The van der Waals surface area contributed by atoms with Gasteiger partial charge in [-0.1, -0.05) is 20.8 Å². The van der Waals surface area contributed by atoms with E-state index in [4.69, 9.17) is 15.9 Å². The molecule has 3 heterocycles. The fraction of sp³-hybridized carbons (Fsp3) is 0.462. The number of nitrogen functional groups attached to an aromatic ring is 1. The van der Waals surface area contributed by atoms with E-state index < -0.39 is 6.04 Å². The summed E-state index contributed by atoms with van der Waals surface area (Å²) in [6.07, 6.45) is 3.04. The maximum Gasteiger partial charge on any atom is 0.261 e. The van der Waals surface area contributed by atoms with E-state index in [-0.39, 0.29) is 23.8 Å². The standard InChI is InChI=1S/C24H29N5O4S.C2H6/c1-2-19(28-22(30)14-3-4-18(26)15(9-14)11-25)24(32)29-7-5-20-16(12-29)10-21(34-20)23(31)27-17-6-8-33-13-17;1-2/h3-4,9-11,17,19,25H,2,5-8,12-13,26H2,1H3,(H,27,31)(H,28,30);1-2H3/t17?,19-;/m1./s1. The van der Waals surface area contributed by atoms with Crippen LogP contribution >= 0.6 is 11.3 Å². The highest BCUT2D eigenvalue weighted by Gasteiger charge is 2.30. The highest BCUT2D eigenvalue weighted by atomic mass is 32.1. The first-order valence-corrected chi connectivity index (χ1v) is 13.2. The molecule has 0 aliphatic carbocycles. The van der Waals surface area contributed by atoms with Crippen molar-refractivity contribution in [2.24, 2.45) is 0 Å². The van der Waals surface area contributed by atoms with Gasteiger partial charge in [0.2, 0.25) is 5.91 Å². The molecule has 0 spiro atoms. The van der Waals surface area contributed by atoms with E-state index in [1.54, 1.807) is 17.0 Å². The van der Waals surface area contributed by atoms with Crippen molar-refractivity contribution >= 4 is 41.0 Å². The normalized spacial score (nSPS) is 17.3. The number of rotatable bonds is 7. The van der Waals surface area contributed by atoms with Crippen LogP contribution in [0, 0.1) is 5.41 Å². The number of amides is 3. The van der Waals surface area contributed by atoms with Crippen LogP contribution in [-0.4, -0.2) is 60.7 Å². The SMILES string of the molecule is CC.CC[C@@H](NC(=O)c1ccc(N)c(C=N)c1)C(=O)N1CCc2sc(C(=O)NC3CCOC3)cc2C1. The Kier molecular flexibility index (Phi) is 9.60. The fourth-order valence-electron chi connectivity index (χ4n) is 4.18. The van der Waals surface area contributed by atoms with Crippen LogP contribution in [0.5, 0.6) is 0 Å². The monoisotopic (exact) mass is 513 g/mol. The number of carbonyl (C=O) groups is 3. The number of nitrogens with one attached hydrogen (secondary N) is 3. The smallest absolute Gasteiger partial charge is 0.261 e. The van der Waals surface area contributed by atoms with Crippen molar-refractivity contribution in [3.05, 3.63) is 50.7 Å². The fourth-order valence-corrected chi connectivity index (χ4v) is 5.25. The van der Waals surface area contributed by atoms with Gasteiger partial charge in [-0.3, -0.25) is 14.4 Å². The number of benzene rings is 1. The summed E-state index contributed by atoms with van der Waals surface area (Å²) < 4.78 is 5.32. The van der Waals surface area contributed by atoms with Gasteiger partial charge in [0.25, 0.3) is 11.8 Å². The van der Waals surface area contributed by atoms with Crippen molar-refractivity contribution in [3.8, 4) is 0 Å². The van der Waals surface area contributed by atoms with Gasteiger partial charge in [0.1, 0.15) is 6.04 Å². The van der Waals surface area contributed by atoms with Gasteiger partial charge in [0, 0.05) is 47.6 Å². The Morgan fingerprint density at radius 1 is 1.28 bits per heavy atom. The first kappa shape index (κ1) is 27.3. The minimum atomic E-state index is -0.668. The maximum atomic E-state index is 13.2. The van der Waals surface area contributed by atoms with Gasteiger partial charge in [-0.05, 0) is 49.1 Å². The third kappa shape index (κ3) is 6.30. The molecule has 2 atom stereocenters. The van der Waals surface area contributed by atoms with Crippen LogP contribution in [0.15, 0.2) is 24.3 Å². The second-order valence-corrected chi connectivity index (χ2v) is 9.66. The molecule has 1 aromatic heterocycles. The zero-order valence-electron chi connectivity index (χ0n) is 21.1. The van der Waals surface area contributed by atoms with Crippen LogP contribution in [-0.2, 0) is 22.5 Å². The molecular weight excluding hydrogens is 478 g/mol. The third-order valence-electron chi connectivity index (χ3n) is 6.18. The molecule has 5 N–H and O–H groups in total. The van der Waals surface area contributed by atoms with E-state index in [0.717, 1.165) is 23.1 Å². The molecule has 0 bridgehead atoms. The average molecular weight is 514 g/mol. The molecule has 1 aromatic carbocycles. The van der Waals surface area contributed by atoms with Gasteiger partial charge in [0.05, 0.1) is 17.5 Å². The number of hydrogen-bond donors (Lipinski definition) is 4. The first-order valence-electron chi connectivity index (χ1n) is 12.4. The molecule has 10 heteroatoms. The van der Waals surface area contributed by atoms with E-state index in [1.165, 1.54) is 17.4 Å². The summed E-state index contributed by atoms with van der Waals surface area (Å²) in [5.74, 6) is -0.629. The molecule has 2 aliphatic rings. The summed E-state index contributed by atoms with van der Waals surface area (Å²) in [5.41, 5.74) is 8.00. The summed E-state index contributed by atoms with van der Waals surface area (Å²) in [6.45, 7) is 8.01. The van der Waals surface area contributed by atoms with E-state index in [9.17, 15) is 14.4 Å². The minimum absolute atomic E-state index is 0.0507. The van der Waals surface area contributed by atoms with Crippen molar-refractivity contribution in [2.75, 3.05) is 25.5 Å². The maximum absolute atomic E-state index is 13.2. The molecule has 0 saturated carbocycles. The Morgan fingerprint density at radius 3 is 2.72 bits per heavy atom. The lowest BCUT2D eigenvalue weighted by molar-refractivity contribution is -0.134. The Hall–Kier alpha value is -3.24. The molecule has 36 heavy (non-hydrogen) atoms. The predicted molar refractivity (Wildman–Crippen MR) is 142 cm³/mol. The lowest BCUT2D eigenvalue weighted by Gasteiger charge is -2.30. The van der Waals surface area contributed by atoms with Crippen LogP contribution in [0.25, 0.3) is 0 Å². The molecular formula is C26H35N5O4S. The number of anilines is 1. The predicted octanol–water partition coefficient (Wildman–Crippen LogP) is 2.97. The van der Waals surface area contributed by atoms with Crippen molar-refractivity contribution < 1.29 is 19.1 Å². The molecule has 0 radical (unpaired) electrons. The Balaban J connectivity index is 0.00000176. The summed E-state index contributed by atoms with van der Waals surface area (Å²) in [4.78, 5) is 42.1. The van der Waals surface area contributed by atoms with Gasteiger partial charge >= 0.3 is 0 Å². The van der Waals surface area contributed by atoms with Gasteiger partial charge < -0.3 is 31.4 Å². The van der Waals surface area contributed by atoms with Crippen molar-refractivity contribution in [3.63, 3.8) is 0 Å². The lowest BCUT2D eigenvalue weighted by Crippen LogP contribution is -2.49. The van der Waals surface area contributed by atoms with E-state index in [1.807, 2.05) is 26.8 Å². The third-order valence-corrected chi connectivity index (χ3v) is 7.42. The molecule has 9 nitrogen and oxygen atoms in total. The summed E-state index contributed by atoms with van der Waals surface area (Å²) in [5, 5.41) is 13.2. The Morgan fingerprint density at radius 2 is 2.06 bits per heavy atom. The topological polar surface area (TPSA) is 138 Å². The van der Waals surface area contributed by atoms with E-state index >= 15 is 0 Å². The number of hydrogen-bond acceptors (Lipinski definition) is 7. The molecule has 2 aromatic rings.